The number of hydrogen-bond donors (Lipinski definition) is 16. The Bertz CT molecular complexity index is 2040. The van der Waals surface area contributed by atoms with Crippen LogP contribution in [0.25, 0.3) is 0 Å². The first-order valence-electron chi connectivity index (χ1n) is 26.4. The normalized spacial score (nSPS) is 29.1. The van der Waals surface area contributed by atoms with Crippen LogP contribution in [0.3, 0.4) is 0 Å². The number of phenolic OH excluding ortho intramolecular Hbond substituents is 1. The number of fused-ring (bicyclic) bond motifs is 2. The molecule has 3 aliphatic rings. The minimum Gasteiger partial charge on any atom is -0.508 e. The molecule has 7 amide bonds. The number of aromatic hydroxyl groups is 1. The van der Waals surface area contributed by atoms with E-state index in [-0.39, 0.29) is 43.7 Å². The quantitative estimate of drug-likeness (QED) is 0.0324. The molecule has 16 atom stereocenters. The molecule has 18 N–H and O–H groups in total. The van der Waals surface area contributed by atoms with Gasteiger partial charge in [-0.05, 0) is 68.7 Å². The molecule has 3 saturated heterocycles. The van der Waals surface area contributed by atoms with Crippen LogP contribution in [0, 0.1) is 11.8 Å². The van der Waals surface area contributed by atoms with E-state index in [2.05, 4.69) is 52.8 Å². The Morgan fingerprint density at radius 2 is 1.35 bits per heavy atom. The molecule has 75 heavy (non-hydrogen) atoms. The smallest absolute Gasteiger partial charge is 0.248 e. The average molecular weight is 1070 g/mol. The molecule has 0 aliphatic carbocycles. The fraction of sp³-hybridized carbons (Fsp3) is 0.740. The maximum atomic E-state index is 14.5. The van der Waals surface area contributed by atoms with Gasteiger partial charge in [-0.3, -0.25) is 39.4 Å². The molecule has 0 spiro atoms. The van der Waals surface area contributed by atoms with Crippen molar-refractivity contribution in [2.75, 3.05) is 19.6 Å². The zero-order valence-electron chi connectivity index (χ0n) is 43.6. The maximum Gasteiger partial charge on any atom is 0.248 e. The summed E-state index contributed by atoms with van der Waals surface area (Å²) in [5.41, 5.74) is 7.88. The van der Waals surface area contributed by atoms with Crippen LogP contribution in [-0.2, 0) is 33.6 Å². The first-order valence-corrected chi connectivity index (χ1v) is 26.4. The van der Waals surface area contributed by atoms with Gasteiger partial charge >= 0.3 is 0 Å². The molecule has 0 bridgehead atoms. The van der Waals surface area contributed by atoms with Crippen LogP contribution in [0.4, 0.5) is 0 Å². The van der Waals surface area contributed by atoms with Crippen molar-refractivity contribution in [2.24, 2.45) is 23.4 Å². The van der Waals surface area contributed by atoms with Crippen LogP contribution in [0.1, 0.15) is 129 Å². The van der Waals surface area contributed by atoms with Crippen molar-refractivity contribution >= 4 is 41.4 Å². The summed E-state index contributed by atoms with van der Waals surface area (Å²) in [7, 11) is 0. The Labute approximate surface area is 437 Å². The van der Waals surface area contributed by atoms with Crippen LogP contribution in [0.5, 0.6) is 5.75 Å². The van der Waals surface area contributed by atoms with E-state index in [1.807, 2.05) is 0 Å². The lowest BCUT2D eigenvalue weighted by molar-refractivity contribution is -0.148. The van der Waals surface area contributed by atoms with E-state index < -0.39 is 146 Å². The highest BCUT2D eigenvalue weighted by Gasteiger charge is 2.49. The number of rotatable bonds is 21. The van der Waals surface area contributed by atoms with Crippen LogP contribution in [-0.4, -0.2) is 191 Å². The predicted molar refractivity (Wildman–Crippen MR) is 270 cm³/mol. The molecule has 25 nitrogen and oxygen atoms in total. The topological polar surface area (TPSA) is 412 Å². The minimum atomic E-state index is -2.28. The van der Waals surface area contributed by atoms with Gasteiger partial charge < -0.3 is 83.0 Å². The highest BCUT2D eigenvalue weighted by Crippen LogP contribution is 2.27. The summed E-state index contributed by atoms with van der Waals surface area (Å²) >= 11 is 0. The highest BCUT2D eigenvalue weighted by atomic mass is 16.3. The number of hydrazine groups is 1. The zero-order valence-corrected chi connectivity index (χ0v) is 43.6. The monoisotopic (exact) mass is 1060 g/mol. The number of aliphatic hydroxyl groups is 7. The average Bonchev–Trinajstić information content (AvgIpc) is 3.97. The number of amides is 7. The highest BCUT2D eigenvalue weighted by molar-refractivity contribution is 5.98. The second-order valence-electron chi connectivity index (χ2n) is 20.7. The third-order valence-corrected chi connectivity index (χ3v) is 14.6. The third kappa shape index (κ3) is 17.7. The maximum absolute atomic E-state index is 14.5. The van der Waals surface area contributed by atoms with Crippen molar-refractivity contribution in [1.82, 2.24) is 41.8 Å². The van der Waals surface area contributed by atoms with Gasteiger partial charge in [0.05, 0.1) is 30.5 Å². The first-order chi connectivity index (χ1) is 35.5. The molecule has 3 fully saturated rings. The minimum absolute atomic E-state index is 0.0360. The Kier molecular flexibility index (Phi) is 25.0. The van der Waals surface area contributed by atoms with Gasteiger partial charge in [0.2, 0.25) is 41.4 Å². The summed E-state index contributed by atoms with van der Waals surface area (Å²) < 4.78 is 0. The summed E-state index contributed by atoms with van der Waals surface area (Å²) in [6.07, 6.45) is -7.33. The fourth-order valence-corrected chi connectivity index (χ4v) is 9.97. The van der Waals surface area contributed by atoms with Gasteiger partial charge in [0.15, 0.2) is 0 Å². The van der Waals surface area contributed by atoms with E-state index in [1.54, 1.807) is 0 Å². The Morgan fingerprint density at radius 1 is 0.733 bits per heavy atom. The Balaban J connectivity index is 1.70. The molecule has 8 unspecified atom stereocenters. The van der Waals surface area contributed by atoms with Gasteiger partial charge in [-0.2, -0.15) is 0 Å². The number of hydrogen-bond acceptors (Lipinski definition) is 18. The molecule has 0 saturated carbocycles. The van der Waals surface area contributed by atoms with Crippen LogP contribution >= 0.6 is 0 Å². The van der Waals surface area contributed by atoms with E-state index in [4.69, 9.17) is 11.6 Å². The number of unbranched alkanes of at least 4 members (excludes halogenated alkanes) is 5. The van der Waals surface area contributed by atoms with Crippen molar-refractivity contribution in [3.63, 3.8) is 0 Å². The van der Waals surface area contributed by atoms with Gasteiger partial charge in [-0.1, -0.05) is 77.8 Å². The van der Waals surface area contributed by atoms with E-state index in [1.165, 1.54) is 30.7 Å². The van der Waals surface area contributed by atoms with Crippen LogP contribution in [0.15, 0.2) is 24.3 Å². The number of nitrogens with two attached hydrogens (primary N) is 2. The summed E-state index contributed by atoms with van der Waals surface area (Å²) in [5.74, 6) is -0.781. The number of aliphatic hydroxyl groups excluding tert-OH is 7. The molecular formula is C50H84N10O15. The lowest BCUT2D eigenvalue weighted by atomic mass is 9.91. The number of nitrogens with one attached hydrogen (secondary N) is 6. The Hall–Kier alpha value is -5.09. The van der Waals surface area contributed by atoms with Crippen molar-refractivity contribution in [3.05, 3.63) is 29.8 Å². The van der Waals surface area contributed by atoms with Crippen molar-refractivity contribution in [2.45, 2.75) is 203 Å². The molecule has 424 valence electrons. The molecule has 1 aromatic rings. The van der Waals surface area contributed by atoms with Crippen LogP contribution in [0.2, 0.25) is 0 Å². The van der Waals surface area contributed by atoms with E-state index in [9.17, 15) is 74.4 Å². The lowest BCUT2D eigenvalue weighted by Gasteiger charge is -2.35. The summed E-state index contributed by atoms with van der Waals surface area (Å²) in [4.78, 5) is 101. The second kappa shape index (κ2) is 30.0. The molecule has 3 heterocycles. The van der Waals surface area contributed by atoms with E-state index >= 15 is 0 Å². The van der Waals surface area contributed by atoms with Crippen LogP contribution < -0.4 is 43.6 Å². The van der Waals surface area contributed by atoms with E-state index in [0.29, 0.717) is 24.7 Å². The summed E-state index contributed by atoms with van der Waals surface area (Å²) in [5, 5.41) is 101. The number of phenols is 1. The van der Waals surface area contributed by atoms with Gasteiger partial charge in [0.1, 0.15) is 60.4 Å². The lowest BCUT2D eigenvalue weighted by Crippen LogP contribution is -2.65. The zero-order chi connectivity index (χ0) is 55.7. The van der Waals surface area contributed by atoms with Gasteiger partial charge in [0, 0.05) is 32.4 Å². The number of carbonyl (C=O) groups excluding carboxylic acids is 7. The summed E-state index contributed by atoms with van der Waals surface area (Å²) in [6.45, 7) is 6.76. The number of nitrogens with zero attached hydrogens (tertiary/aromatic N) is 2. The van der Waals surface area contributed by atoms with Gasteiger partial charge in [-0.15, -0.1) is 0 Å². The SMILES string of the molecule is CCC(C)CC(C)CCCCCCCCC(=O)NC1C[C@@H](O)[C@@H](NN)NC(=O)C2[C@@H](O)CCN2C(=O)C([C@H](O)CCN)NC(=O)C([C@H](O)[C@@H](O)c2ccc(O)cc2)NC(=O)C2C[C@@H](O)CN2C(=O)C([C@@H](C)O)NC1=O. The molecule has 1 aromatic carbocycles. The number of benzene rings is 1. The number of carbonyl (C=O) groups is 7. The molecular weight excluding hydrogens is 981 g/mol. The van der Waals surface area contributed by atoms with Gasteiger partial charge in [-0.25, -0.2) is 5.43 Å². The van der Waals surface area contributed by atoms with Crippen molar-refractivity contribution < 1.29 is 74.4 Å². The van der Waals surface area contributed by atoms with Crippen molar-refractivity contribution in [1.29, 1.82) is 0 Å². The third-order valence-electron chi connectivity index (χ3n) is 14.6. The molecule has 0 radical (unpaired) electrons. The predicted octanol–water partition coefficient (Wildman–Crippen LogP) is -3.40. The van der Waals surface area contributed by atoms with E-state index in [0.717, 1.165) is 55.2 Å². The van der Waals surface area contributed by atoms with Gasteiger partial charge in [0.25, 0.3) is 0 Å². The molecule has 0 aromatic heterocycles. The first kappa shape index (κ1) is 62.4. The summed E-state index contributed by atoms with van der Waals surface area (Å²) in [6, 6.07) is -6.49. The molecule has 3 aliphatic heterocycles. The largest absolute Gasteiger partial charge is 0.508 e. The Morgan fingerprint density at radius 3 is 1.97 bits per heavy atom. The molecule has 4 rings (SSSR count). The standard InChI is InChI=1S/C50H84N10O15/c1-5-26(2)22-27(3)12-10-8-6-7-9-11-13-37(67)53-32-24-36(66)44(58-52)57-48(73)41-35(65)19-21-59(41)50(75)39(34(64)18-20-51)55-47(72)40(43(69)42(68)29-14-16-30(62)17-15-29)56-46(71)33-23-31(63)25-60(33)49(74)38(28(4)61)54-45(32)70/h14-17,26-28,31-36,38-44,58,61-66,68-69H,5-13,18-25,51-52H2,1-4H3,(H,53,67)(H,54,70)(H,55,72)(H,56,71)(H,57,73)/t26?,27?,28-,31-,32?,33?,34-,35+,36-,38?,39?,40?,41?,42+,43+,44-/m1/s1. The second-order valence-corrected chi connectivity index (χ2v) is 20.7. The fourth-order valence-electron chi connectivity index (χ4n) is 9.97. The van der Waals surface area contributed by atoms with Crippen molar-refractivity contribution in [3.8, 4) is 5.75 Å². The molecule has 25 heteroatoms.